The highest BCUT2D eigenvalue weighted by Crippen LogP contribution is 2.22. The second-order valence-electron chi connectivity index (χ2n) is 6.02. The van der Waals surface area contributed by atoms with Crippen LogP contribution in [0.15, 0.2) is 42.0 Å². The van der Waals surface area contributed by atoms with Crippen molar-refractivity contribution in [1.82, 2.24) is 9.78 Å². The Hall–Kier alpha value is -2.64. The van der Waals surface area contributed by atoms with E-state index < -0.39 is 0 Å². The first kappa shape index (κ1) is 18.2. The van der Waals surface area contributed by atoms with Gasteiger partial charge in [-0.25, -0.2) is 4.68 Å². The Balaban J connectivity index is 1.59. The topological polar surface area (TPSA) is 65.4 Å². The molecule has 2 aromatic heterocycles. The van der Waals surface area contributed by atoms with Crippen molar-refractivity contribution in [2.75, 3.05) is 12.4 Å². The van der Waals surface area contributed by atoms with Crippen LogP contribution in [0.3, 0.4) is 0 Å². The van der Waals surface area contributed by atoms with Crippen LogP contribution in [0.25, 0.3) is 0 Å². The zero-order valence-corrected chi connectivity index (χ0v) is 15.8. The summed E-state index contributed by atoms with van der Waals surface area (Å²) in [6.45, 7) is 4.83. The number of hydrogen-bond donors (Lipinski definition) is 1. The summed E-state index contributed by atoms with van der Waals surface area (Å²) in [5.41, 5.74) is 3.85. The highest BCUT2D eigenvalue weighted by atomic mass is 32.1. The van der Waals surface area contributed by atoms with Gasteiger partial charge in [-0.2, -0.15) is 5.10 Å². The number of hydrogen-bond acceptors (Lipinski definition) is 5. The van der Waals surface area contributed by atoms with Crippen molar-refractivity contribution in [1.29, 1.82) is 0 Å². The number of nitrogens with one attached hydrogen (secondary N) is 1. The van der Waals surface area contributed by atoms with Gasteiger partial charge < -0.3 is 14.8 Å². The lowest BCUT2D eigenvalue weighted by molar-refractivity contribution is 0.103. The van der Waals surface area contributed by atoms with Gasteiger partial charge >= 0.3 is 0 Å². The quantitative estimate of drug-likeness (QED) is 0.682. The van der Waals surface area contributed by atoms with Crippen LogP contribution in [-0.4, -0.2) is 22.8 Å². The second kappa shape index (κ2) is 8.16. The van der Waals surface area contributed by atoms with E-state index in [1.807, 2.05) is 37.4 Å². The van der Waals surface area contributed by atoms with Crippen molar-refractivity contribution >= 4 is 22.9 Å². The summed E-state index contributed by atoms with van der Waals surface area (Å²) >= 11 is 1.39. The molecule has 0 aliphatic carbocycles. The molecule has 0 saturated heterocycles. The predicted octanol–water partition coefficient (Wildman–Crippen LogP) is 4.00. The van der Waals surface area contributed by atoms with Crippen LogP contribution in [0.5, 0.6) is 5.75 Å². The molecule has 0 fully saturated rings. The molecule has 1 amide bonds. The monoisotopic (exact) mass is 371 g/mol. The van der Waals surface area contributed by atoms with Crippen molar-refractivity contribution in [3.63, 3.8) is 0 Å². The number of anilines is 1. The minimum Gasteiger partial charge on any atom is -0.489 e. The van der Waals surface area contributed by atoms with E-state index >= 15 is 0 Å². The molecule has 2 heterocycles. The van der Waals surface area contributed by atoms with Crippen LogP contribution < -0.4 is 10.1 Å². The molecule has 3 rings (SSSR count). The Morgan fingerprint density at radius 3 is 2.96 bits per heavy atom. The van der Waals surface area contributed by atoms with E-state index in [1.54, 1.807) is 24.2 Å². The maximum atomic E-state index is 12.4. The van der Waals surface area contributed by atoms with Gasteiger partial charge in [0.1, 0.15) is 19.1 Å². The van der Waals surface area contributed by atoms with Crippen molar-refractivity contribution < 1.29 is 14.3 Å². The largest absolute Gasteiger partial charge is 0.489 e. The fourth-order valence-electron chi connectivity index (χ4n) is 2.42. The molecule has 6 nitrogen and oxygen atoms in total. The number of rotatable bonds is 7. The lowest BCUT2D eigenvalue weighted by atomic mass is 10.1. The van der Waals surface area contributed by atoms with E-state index in [2.05, 4.69) is 16.5 Å². The summed E-state index contributed by atoms with van der Waals surface area (Å²) in [6, 6.07) is 7.97. The Morgan fingerprint density at radius 2 is 2.15 bits per heavy atom. The highest BCUT2D eigenvalue weighted by Gasteiger charge is 2.11. The summed E-state index contributed by atoms with van der Waals surface area (Å²) in [4.78, 5) is 13.0. The van der Waals surface area contributed by atoms with E-state index in [-0.39, 0.29) is 5.91 Å². The average Bonchev–Trinajstić information content (AvgIpc) is 3.26. The Morgan fingerprint density at radius 1 is 1.31 bits per heavy atom. The summed E-state index contributed by atoms with van der Waals surface area (Å²) < 4.78 is 12.5. The number of thiophene rings is 1. The zero-order chi connectivity index (χ0) is 18.5. The number of nitrogens with zero attached hydrogens (tertiary/aromatic N) is 2. The van der Waals surface area contributed by atoms with Gasteiger partial charge in [0.05, 0.1) is 23.0 Å². The highest BCUT2D eigenvalue weighted by molar-refractivity contribution is 7.12. The summed E-state index contributed by atoms with van der Waals surface area (Å²) in [6.07, 6.45) is 3.31. The molecule has 0 bridgehead atoms. The zero-order valence-electron chi connectivity index (χ0n) is 15.0. The van der Waals surface area contributed by atoms with E-state index in [9.17, 15) is 4.79 Å². The number of carbonyl (C=O) groups is 1. The Bertz CT molecular complexity index is 901. The molecule has 0 radical (unpaired) electrons. The van der Waals surface area contributed by atoms with Crippen LogP contribution in [-0.2, 0) is 18.1 Å². The SMILES string of the molecule is COCn1cc(NC(=O)c2cc(COc3cc(C)ccc3C)cs2)cn1. The third-order valence-corrected chi connectivity index (χ3v) is 4.75. The van der Waals surface area contributed by atoms with E-state index in [4.69, 9.17) is 9.47 Å². The first-order valence-corrected chi connectivity index (χ1v) is 9.03. The van der Waals surface area contributed by atoms with Gasteiger partial charge in [0.15, 0.2) is 0 Å². The molecule has 0 aliphatic heterocycles. The van der Waals surface area contributed by atoms with Gasteiger partial charge in [-0.1, -0.05) is 12.1 Å². The first-order chi connectivity index (χ1) is 12.5. The summed E-state index contributed by atoms with van der Waals surface area (Å²) in [5, 5.41) is 8.87. The van der Waals surface area contributed by atoms with E-state index in [0.717, 1.165) is 22.4 Å². The second-order valence-corrected chi connectivity index (χ2v) is 6.93. The molecule has 3 aromatic rings. The number of ether oxygens (including phenoxy) is 2. The predicted molar refractivity (Wildman–Crippen MR) is 102 cm³/mol. The molecule has 0 saturated carbocycles. The number of carbonyl (C=O) groups excluding carboxylic acids is 1. The maximum Gasteiger partial charge on any atom is 0.265 e. The summed E-state index contributed by atoms with van der Waals surface area (Å²) in [7, 11) is 1.59. The van der Waals surface area contributed by atoms with Gasteiger partial charge in [0, 0.05) is 12.7 Å². The number of amides is 1. The first-order valence-electron chi connectivity index (χ1n) is 8.15. The maximum absolute atomic E-state index is 12.4. The van der Waals surface area contributed by atoms with Crippen LogP contribution in [0, 0.1) is 13.8 Å². The number of methoxy groups -OCH3 is 1. The molecule has 26 heavy (non-hydrogen) atoms. The molecule has 136 valence electrons. The third-order valence-electron chi connectivity index (χ3n) is 3.77. The number of benzene rings is 1. The molecule has 0 spiro atoms. The van der Waals surface area contributed by atoms with Gasteiger partial charge in [0.25, 0.3) is 5.91 Å². The molecule has 1 N–H and O–H groups in total. The van der Waals surface area contributed by atoms with Gasteiger partial charge in [-0.05, 0) is 42.5 Å². The molecular formula is C19H21N3O3S. The fraction of sp³-hybridized carbons (Fsp3) is 0.263. The van der Waals surface area contributed by atoms with Crippen molar-refractivity contribution in [2.24, 2.45) is 0 Å². The van der Waals surface area contributed by atoms with Crippen molar-refractivity contribution in [3.8, 4) is 5.75 Å². The molecule has 0 atom stereocenters. The van der Waals surface area contributed by atoms with E-state index in [0.29, 0.717) is 23.9 Å². The molecule has 0 aliphatic rings. The normalized spacial score (nSPS) is 10.7. The average molecular weight is 371 g/mol. The van der Waals surface area contributed by atoms with Gasteiger partial charge in [-0.3, -0.25) is 4.79 Å². The van der Waals surface area contributed by atoms with Gasteiger partial charge in [0.2, 0.25) is 0 Å². The smallest absolute Gasteiger partial charge is 0.265 e. The Kier molecular flexibility index (Phi) is 5.70. The lowest BCUT2D eigenvalue weighted by Crippen LogP contribution is -2.09. The minimum absolute atomic E-state index is 0.162. The third kappa shape index (κ3) is 4.50. The van der Waals surface area contributed by atoms with Crippen LogP contribution in [0.1, 0.15) is 26.4 Å². The van der Waals surface area contributed by atoms with Crippen LogP contribution in [0.4, 0.5) is 5.69 Å². The minimum atomic E-state index is -0.162. The van der Waals surface area contributed by atoms with Crippen LogP contribution in [0.2, 0.25) is 0 Å². The van der Waals surface area contributed by atoms with Crippen LogP contribution >= 0.6 is 11.3 Å². The summed E-state index contributed by atoms with van der Waals surface area (Å²) in [5.74, 6) is 0.706. The lowest BCUT2D eigenvalue weighted by Gasteiger charge is -2.08. The van der Waals surface area contributed by atoms with Gasteiger partial charge in [-0.15, -0.1) is 11.3 Å². The molecule has 0 unspecified atom stereocenters. The molecule has 1 aromatic carbocycles. The number of aryl methyl sites for hydroxylation is 2. The van der Waals surface area contributed by atoms with Crippen molar-refractivity contribution in [3.05, 3.63) is 63.6 Å². The Labute approximate surface area is 156 Å². The van der Waals surface area contributed by atoms with Crippen molar-refractivity contribution in [2.45, 2.75) is 27.2 Å². The van der Waals surface area contributed by atoms with E-state index in [1.165, 1.54) is 11.3 Å². The molecule has 7 heteroatoms. The standard InChI is InChI=1S/C19H21N3O3S/c1-13-4-5-14(2)17(6-13)25-10-15-7-18(26-11-15)19(23)21-16-8-20-22(9-16)12-24-3/h4-9,11H,10,12H2,1-3H3,(H,21,23). The fourth-order valence-corrected chi connectivity index (χ4v) is 3.21. The molecular weight excluding hydrogens is 350 g/mol. The number of aromatic nitrogens is 2.